The molecule has 0 aromatic rings. The zero-order chi connectivity index (χ0) is 10.8. The fourth-order valence-corrected chi connectivity index (χ4v) is 1.61. The number of allylic oxidation sites excluding steroid dienone is 2. The van der Waals surface area contributed by atoms with Gasteiger partial charge in [0.25, 0.3) is 0 Å². The summed E-state index contributed by atoms with van der Waals surface area (Å²) in [6.45, 7) is 4.13. The average molecular weight is 214 g/mol. The van der Waals surface area contributed by atoms with E-state index in [1.807, 2.05) is 13.2 Å². The van der Waals surface area contributed by atoms with Gasteiger partial charge >= 0.3 is 0 Å². The van der Waals surface area contributed by atoms with Crippen molar-refractivity contribution in [3.63, 3.8) is 0 Å². The highest BCUT2D eigenvalue weighted by Crippen LogP contribution is 2.07. The van der Waals surface area contributed by atoms with E-state index in [1.165, 1.54) is 19.3 Å². The monoisotopic (exact) mass is 214 g/mol. The molecule has 0 spiro atoms. The Kier molecular flexibility index (Phi) is 9.16. The first-order valence-electron chi connectivity index (χ1n) is 5.41. The number of carbonyl (C=O) groups excluding carboxylic acids is 1. The molecule has 82 valence electrons. The summed E-state index contributed by atoms with van der Waals surface area (Å²) in [5, 5.41) is 0. The van der Waals surface area contributed by atoms with Gasteiger partial charge in [-0.25, -0.2) is 0 Å². The predicted molar refractivity (Wildman–Crippen MR) is 65.9 cm³/mol. The molecule has 1 nitrogen and oxygen atoms in total. The first kappa shape index (κ1) is 13.8. The first-order chi connectivity index (χ1) is 6.72. The average Bonchev–Trinajstić information content (AvgIpc) is 2.20. The van der Waals surface area contributed by atoms with Crippen molar-refractivity contribution in [2.24, 2.45) is 0 Å². The molecule has 0 amide bonds. The van der Waals surface area contributed by atoms with E-state index in [2.05, 4.69) is 13.0 Å². The van der Waals surface area contributed by atoms with Crippen LogP contribution >= 0.6 is 11.8 Å². The van der Waals surface area contributed by atoms with Crippen LogP contribution in [-0.2, 0) is 4.79 Å². The van der Waals surface area contributed by atoms with Crippen molar-refractivity contribution in [3.8, 4) is 0 Å². The van der Waals surface area contributed by atoms with Crippen molar-refractivity contribution in [3.05, 3.63) is 11.6 Å². The highest BCUT2D eigenvalue weighted by molar-refractivity contribution is 7.98. The van der Waals surface area contributed by atoms with Gasteiger partial charge in [-0.1, -0.05) is 25.8 Å². The van der Waals surface area contributed by atoms with Crippen LogP contribution in [0.1, 0.15) is 46.0 Å². The fourth-order valence-electron chi connectivity index (χ4n) is 1.22. The summed E-state index contributed by atoms with van der Waals surface area (Å²) in [5.74, 6) is 1.26. The molecule has 0 aromatic heterocycles. The van der Waals surface area contributed by atoms with Crippen molar-refractivity contribution in [2.75, 3.05) is 12.0 Å². The second-order valence-electron chi connectivity index (χ2n) is 3.55. The van der Waals surface area contributed by atoms with E-state index in [0.717, 1.165) is 17.7 Å². The van der Waals surface area contributed by atoms with Crippen LogP contribution in [0.15, 0.2) is 11.6 Å². The minimum Gasteiger partial charge on any atom is -0.295 e. The maximum atomic E-state index is 11.5. The van der Waals surface area contributed by atoms with Crippen molar-refractivity contribution in [1.82, 2.24) is 0 Å². The third kappa shape index (κ3) is 7.19. The van der Waals surface area contributed by atoms with Crippen molar-refractivity contribution in [2.45, 2.75) is 46.0 Å². The molecule has 0 bridgehead atoms. The van der Waals surface area contributed by atoms with Gasteiger partial charge in [0.2, 0.25) is 0 Å². The minimum atomic E-state index is 0.316. The van der Waals surface area contributed by atoms with Gasteiger partial charge in [0.05, 0.1) is 0 Å². The number of thioether (sulfide) groups is 1. The van der Waals surface area contributed by atoms with Gasteiger partial charge in [0.15, 0.2) is 5.78 Å². The normalized spacial score (nSPS) is 11.8. The summed E-state index contributed by atoms with van der Waals surface area (Å²) in [5.41, 5.74) is 0.954. The van der Waals surface area contributed by atoms with E-state index in [4.69, 9.17) is 0 Å². The summed E-state index contributed by atoms with van der Waals surface area (Å²) < 4.78 is 0. The molecule has 0 heterocycles. The summed E-state index contributed by atoms with van der Waals surface area (Å²) in [6.07, 6.45) is 9.60. The van der Waals surface area contributed by atoms with E-state index in [1.54, 1.807) is 11.8 Å². The second kappa shape index (κ2) is 9.32. The molecular weight excluding hydrogens is 192 g/mol. The number of ketones is 1. The molecule has 0 aromatic carbocycles. The molecule has 0 saturated carbocycles. The molecular formula is C12H22OS. The molecule has 0 aliphatic rings. The van der Waals surface area contributed by atoms with Crippen LogP contribution in [0, 0.1) is 0 Å². The number of rotatable bonds is 8. The van der Waals surface area contributed by atoms with Crippen molar-refractivity contribution >= 4 is 17.5 Å². The lowest BCUT2D eigenvalue weighted by Crippen LogP contribution is -2.00. The van der Waals surface area contributed by atoms with Gasteiger partial charge in [-0.3, -0.25) is 4.79 Å². The zero-order valence-electron chi connectivity index (χ0n) is 9.64. The molecule has 0 radical (unpaired) electrons. The fraction of sp³-hybridized carbons (Fsp3) is 0.750. The van der Waals surface area contributed by atoms with Gasteiger partial charge in [-0.2, -0.15) is 11.8 Å². The Hall–Kier alpha value is -0.240. The van der Waals surface area contributed by atoms with Crippen LogP contribution in [0.3, 0.4) is 0 Å². The number of carbonyl (C=O) groups is 1. The molecule has 0 atom stereocenters. The SMILES string of the molecule is CCCCC/C=C(\C)C(=O)CCSC. The van der Waals surface area contributed by atoms with Gasteiger partial charge in [-0.15, -0.1) is 0 Å². The molecule has 0 rings (SSSR count). The second-order valence-corrected chi connectivity index (χ2v) is 4.53. The molecule has 0 N–H and O–H groups in total. The van der Waals surface area contributed by atoms with E-state index in [9.17, 15) is 4.79 Å². The van der Waals surface area contributed by atoms with Crippen LogP contribution in [0.4, 0.5) is 0 Å². The van der Waals surface area contributed by atoms with E-state index in [0.29, 0.717) is 12.2 Å². The number of hydrogen-bond acceptors (Lipinski definition) is 2. The Morgan fingerprint density at radius 1 is 1.36 bits per heavy atom. The van der Waals surface area contributed by atoms with Gasteiger partial charge in [0, 0.05) is 12.2 Å². The minimum absolute atomic E-state index is 0.316. The lowest BCUT2D eigenvalue weighted by Gasteiger charge is -1.99. The Labute approximate surface area is 92.3 Å². The molecule has 0 saturated heterocycles. The third-order valence-electron chi connectivity index (χ3n) is 2.23. The van der Waals surface area contributed by atoms with Gasteiger partial charge in [-0.05, 0) is 31.6 Å². The molecule has 0 fully saturated rings. The molecule has 0 unspecified atom stereocenters. The maximum absolute atomic E-state index is 11.5. The maximum Gasteiger partial charge on any atom is 0.159 e. The Morgan fingerprint density at radius 3 is 2.64 bits per heavy atom. The van der Waals surface area contributed by atoms with Crippen molar-refractivity contribution in [1.29, 1.82) is 0 Å². The van der Waals surface area contributed by atoms with Crippen LogP contribution in [0.25, 0.3) is 0 Å². The highest BCUT2D eigenvalue weighted by Gasteiger charge is 2.02. The molecule has 14 heavy (non-hydrogen) atoms. The highest BCUT2D eigenvalue weighted by atomic mass is 32.2. The summed E-state index contributed by atoms with van der Waals surface area (Å²) in [6, 6.07) is 0. The molecule has 0 aliphatic carbocycles. The lowest BCUT2D eigenvalue weighted by atomic mass is 10.1. The first-order valence-corrected chi connectivity index (χ1v) is 6.80. The van der Waals surface area contributed by atoms with Gasteiger partial charge < -0.3 is 0 Å². The smallest absolute Gasteiger partial charge is 0.159 e. The lowest BCUT2D eigenvalue weighted by molar-refractivity contribution is -0.115. The topological polar surface area (TPSA) is 17.1 Å². The van der Waals surface area contributed by atoms with Crippen LogP contribution < -0.4 is 0 Å². The Balaban J connectivity index is 3.68. The largest absolute Gasteiger partial charge is 0.295 e. The summed E-state index contributed by atoms with van der Waals surface area (Å²) >= 11 is 1.73. The zero-order valence-corrected chi connectivity index (χ0v) is 10.5. The summed E-state index contributed by atoms with van der Waals surface area (Å²) in [4.78, 5) is 11.5. The predicted octanol–water partition coefficient (Wildman–Crippen LogP) is 3.84. The van der Waals surface area contributed by atoms with Gasteiger partial charge in [0.1, 0.15) is 0 Å². The Morgan fingerprint density at radius 2 is 2.07 bits per heavy atom. The van der Waals surface area contributed by atoms with Crippen molar-refractivity contribution < 1.29 is 4.79 Å². The van der Waals surface area contributed by atoms with Crippen LogP contribution in [-0.4, -0.2) is 17.8 Å². The molecule has 0 aliphatic heterocycles. The van der Waals surface area contributed by atoms with Crippen LogP contribution in [0.2, 0.25) is 0 Å². The third-order valence-corrected chi connectivity index (χ3v) is 2.84. The number of unbranched alkanes of at least 4 members (excludes halogenated alkanes) is 3. The Bertz CT molecular complexity index is 185. The number of Topliss-reactive ketones (excluding diaryl/α,β-unsaturated/α-hetero) is 1. The van der Waals surface area contributed by atoms with Crippen LogP contribution in [0.5, 0.6) is 0 Å². The molecule has 2 heteroatoms. The van der Waals surface area contributed by atoms with E-state index < -0.39 is 0 Å². The standard InChI is InChI=1S/C12H22OS/c1-4-5-6-7-8-11(2)12(13)9-10-14-3/h8H,4-7,9-10H2,1-3H3/b11-8+. The van der Waals surface area contributed by atoms with E-state index >= 15 is 0 Å². The van der Waals surface area contributed by atoms with E-state index in [-0.39, 0.29) is 0 Å². The number of hydrogen-bond donors (Lipinski definition) is 0. The summed E-state index contributed by atoms with van der Waals surface area (Å²) in [7, 11) is 0. The quantitative estimate of drug-likeness (QED) is 0.451.